The van der Waals surface area contributed by atoms with E-state index in [1.54, 1.807) is 0 Å². The number of carboxylic acids is 1. The summed E-state index contributed by atoms with van der Waals surface area (Å²) >= 11 is 3.97. The normalized spacial score (nSPS) is 12.5. The van der Waals surface area contributed by atoms with Crippen molar-refractivity contribution in [1.82, 2.24) is 0 Å². The molecule has 0 aliphatic carbocycles. The van der Waals surface area contributed by atoms with Crippen molar-refractivity contribution in [2.75, 3.05) is 0 Å². The molecule has 1 atom stereocenters. The van der Waals surface area contributed by atoms with Crippen LogP contribution in [0.2, 0.25) is 0 Å². The van der Waals surface area contributed by atoms with Crippen LogP contribution in [0.15, 0.2) is 24.3 Å². The fourth-order valence-corrected chi connectivity index (χ4v) is 1.36. The summed E-state index contributed by atoms with van der Waals surface area (Å²) in [5.41, 5.74) is 2.16. The standard InChI is InChI=1S/C10H12O2S/c1-7-3-2-4-8(5-7)6-9(13)10(11)12/h2-5,9,13H,6H2,1H3,(H,11,12). The summed E-state index contributed by atoms with van der Waals surface area (Å²) in [5, 5.41) is 8.03. The van der Waals surface area contributed by atoms with Gasteiger partial charge < -0.3 is 5.11 Å². The Hall–Kier alpha value is -0.960. The topological polar surface area (TPSA) is 37.3 Å². The van der Waals surface area contributed by atoms with Crippen LogP contribution < -0.4 is 0 Å². The van der Waals surface area contributed by atoms with E-state index in [4.69, 9.17) is 5.11 Å². The first-order chi connectivity index (χ1) is 6.09. The lowest BCUT2D eigenvalue weighted by Gasteiger charge is -2.05. The lowest BCUT2D eigenvalue weighted by molar-refractivity contribution is -0.136. The predicted octanol–water partition coefficient (Wildman–Crippen LogP) is 1.92. The molecule has 1 unspecified atom stereocenters. The van der Waals surface area contributed by atoms with Gasteiger partial charge in [0.2, 0.25) is 0 Å². The van der Waals surface area contributed by atoms with Gasteiger partial charge in [-0.25, -0.2) is 0 Å². The van der Waals surface area contributed by atoms with E-state index in [0.29, 0.717) is 6.42 Å². The lowest BCUT2D eigenvalue weighted by Crippen LogP contribution is -2.16. The maximum Gasteiger partial charge on any atom is 0.316 e. The van der Waals surface area contributed by atoms with E-state index in [2.05, 4.69) is 12.6 Å². The van der Waals surface area contributed by atoms with Gasteiger partial charge in [0.05, 0.1) is 0 Å². The van der Waals surface area contributed by atoms with Gasteiger partial charge in [0, 0.05) is 0 Å². The Morgan fingerprint density at radius 1 is 1.62 bits per heavy atom. The third-order valence-electron chi connectivity index (χ3n) is 1.80. The first-order valence-corrected chi connectivity index (χ1v) is 4.57. The van der Waals surface area contributed by atoms with E-state index in [-0.39, 0.29) is 0 Å². The molecule has 1 rings (SSSR count). The maximum atomic E-state index is 10.5. The Morgan fingerprint density at radius 3 is 2.85 bits per heavy atom. The second-order valence-electron chi connectivity index (χ2n) is 3.05. The summed E-state index contributed by atoms with van der Waals surface area (Å²) in [5.74, 6) is -0.871. The van der Waals surface area contributed by atoms with Crippen LogP contribution in [0, 0.1) is 6.92 Å². The molecule has 0 aliphatic heterocycles. The van der Waals surface area contributed by atoms with E-state index in [9.17, 15) is 4.79 Å². The minimum Gasteiger partial charge on any atom is -0.480 e. The Bertz CT molecular complexity index is 310. The van der Waals surface area contributed by atoms with Crippen molar-refractivity contribution in [3.8, 4) is 0 Å². The Labute approximate surface area is 83.0 Å². The van der Waals surface area contributed by atoms with Crippen LogP contribution in [0.4, 0.5) is 0 Å². The molecule has 0 aliphatic rings. The molecule has 0 amide bonds. The highest BCUT2D eigenvalue weighted by molar-refractivity contribution is 7.81. The van der Waals surface area contributed by atoms with Crippen LogP contribution in [0.1, 0.15) is 11.1 Å². The van der Waals surface area contributed by atoms with Gasteiger partial charge in [-0.15, -0.1) is 0 Å². The van der Waals surface area contributed by atoms with Crippen molar-refractivity contribution in [2.24, 2.45) is 0 Å². The molecule has 13 heavy (non-hydrogen) atoms. The van der Waals surface area contributed by atoms with Gasteiger partial charge in [-0.3, -0.25) is 4.79 Å². The third kappa shape index (κ3) is 3.11. The first kappa shape index (κ1) is 10.1. The van der Waals surface area contributed by atoms with Gasteiger partial charge in [0.15, 0.2) is 0 Å². The number of aryl methyl sites for hydroxylation is 1. The van der Waals surface area contributed by atoms with Crippen LogP contribution in [0.3, 0.4) is 0 Å². The molecular formula is C10H12O2S. The van der Waals surface area contributed by atoms with Crippen molar-refractivity contribution in [3.05, 3.63) is 35.4 Å². The molecule has 0 spiro atoms. The van der Waals surface area contributed by atoms with Crippen LogP contribution in [-0.4, -0.2) is 16.3 Å². The number of rotatable bonds is 3. The number of benzene rings is 1. The third-order valence-corrected chi connectivity index (χ3v) is 2.20. The van der Waals surface area contributed by atoms with Gasteiger partial charge in [0.1, 0.15) is 5.25 Å². The molecule has 70 valence electrons. The van der Waals surface area contributed by atoms with E-state index < -0.39 is 11.2 Å². The van der Waals surface area contributed by atoms with Crippen molar-refractivity contribution >= 4 is 18.6 Å². The first-order valence-electron chi connectivity index (χ1n) is 4.06. The number of carboxylic acid groups (broad SMARTS) is 1. The monoisotopic (exact) mass is 196 g/mol. The largest absolute Gasteiger partial charge is 0.480 e. The number of thiol groups is 1. The van der Waals surface area contributed by atoms with Crippen molar-refractivity contribution in [3.63, 3.8) is 0 Å². The van der Waals surface area contributed by atoms with Gasteiger partial charge in [0.25, 0.3) is 0 Å². The zero-order chi connectivity index (χ0) is 9.84. The van der Waals surface area contributed by atoms with Gasteiger partial charge in [-0.05, 0) is 18.9 Å². The molecule has 3 heteroatoms. The van der Waals surface area contributed by atoms with Crippen LogP contribution >= 0.6 is 12.6 Å². The van der Waals surface area contributed by atoms with E-state index in [1.165, 1.54) is 0 Å². The maximum absolute atomic E-state index is 10.5. The van der Waals surface area contributed by atoms with Crippen LogP contribution in [-0.2, 0) is 11.2 Å². The molecule has 0 fully saturated rings. The fourth-order valence-electron chi connectivity index (χ4n) is 1.15. The minimum atomic E-state index is -0.871. The summed E-state index contributed by atoms with van der Waals surface area (Å²) in [6.07, 6.45) is 0.472. The highest BCUT2D eigenvalue weighted by Crippen LogP contribution is 2.09. The highest BCUT2D eigenvalue weighted by Gasteiger charge is 2.11. The average Bonchev–Trinajstić information content (AvgIpc) is 2.04. The van der Waals surface area contributed by atoms with E-state index >= 15 is 0 Å². The van der Waals surface area contributed by atoms with Gasteiger partial charge in [-0.2, -0.15) is 12.6 Å². The molecule has 1 N–H and O–H groups in total. The van der Waals surface area contributed by atoms with Crippen molar-refractivity contribution in [1.29, 1.82) is 0 Å². The SMILES string of the molecule is Cc1cccc(CC(S)C(=O)O)c1. The summed E-state index contributed by atoms with van der Waals surface area (Å²) in [7, 11) is 0. The predicted molar refractivity (Wildman–Crippen MR) is 55.3 cm³/mol. The van der Waals surface area contributed by atoms with Gasteiger partial charge >= 0.3 is 5.97 Å². The second kappa shape index (κ2) is 4.33. The molecule has 0 saturated heterocycles. The van der Waals surface area contributed by atoms with Crippen LogP contribution in [0.25, 0.3) is 0 Å². The average molecular weight is 196 g/mol. The molecule has 0 radical (unpaired) electrons. The molecule has 2 nitrogen and oxygen atoms in total. The fraction of sp³-hybridized carbons (Fsp3) is 0.300. The molecule has 0 saturated carbocycles. The molecular weight excluding hydrogens is 184 g/mol. The summed E-state index contributed by atoms with van der Waals surface area (Å²) in [4.78, 5) is 10.5. The van der Waals surface area contributed by atoms with E-state index in [1.807, 2.05) is 31.2 Å². The zero-order valence-electron chi connectivity index (χ0n) is 7.40. The highest BCUT2D eigenvalue weighted by atomic mass is 32.1. The number of hydrogen-bond acceptors (Lipinski definition) is 2. The molecule has 1 aromatic carbocycles. The molecule has 0 heterocycles. The van der Waals surface area contributed by atoms with E-state index in [0.717, 1.165) is 11.1 Å². The molecule has 0 aromatic heterocycles. The number of aliphatic carboxylic acids is 1. The number of hydrogen-bond donors (Lipinski definition) is 2. The summed E-state index contributed by atoms with van der Waals surface area (Å²) < 4.78 is 0. The Morgan fingerprint density at radius 2 is 2.31 bits per heavy atom. The smallest absolute Gasteiger partial charge is 0.316 e. The minimum absolute atomic E-state index is 0.472. The lowest BCUT2D eigenvalue weighted by atomic mass is 10.1. The van der Waals surface area contributed by atoms with Crippen molar-refractivity contribution in [2.45, 2.75) is 18.6 Å². The summed E-state index contributed by atoms with van der Waals surface area (Å²) in [6, 6.07) is 7.80. The quantitative estimate of drug-likeness (QED) is 0.725. The zero-order valence-corrected chi connectivity index (χ0v) is 8.29. The van der Waals surface area contributed by atoms with Crippen LogP contribution in [0.5, 0.6) is 0 Å². The Kier molecular flexibility index (Phi) is 3.37. The molecule has 1 aromatic rings. The Balaban J connectivity index is 2.69. The van der Waals surface area contributed by atoms with Gasteiger partial charge in [-0.1, -0.05) is 29.8 Å². The summed E-state index contributed by atoms with van der Waals surface area (Å²) in [6.45, 7) is 1.98. The number of carbonyl (C=O) groups is 1. The second-order valence-corrected chi connectivity index (χ2v) is 3.67. The van der Waals surface area contributed by atoms with Crippen molar-refractivity contribution < 1.29 is 9.90 Å². The molecule has 0 bridgehead atoms.